The van der Waals surface area contributed by atoms with E-state index in [4.69, 9.17) is 36.2 Å². The molecule has 0 heterocycles. The maximum atomic E-state index is 12.5. The van der Waals surface area contributed by atoms with Crippen LogP contribution in [0.3, 0.4) is 0 Å². The molecule has 39 heteroatoms. The highest BCUT2D eigenvalue weighted by Crippen LogP contribution is 2.66. The van der Waals surface area contributed by atoms with Gasteiger partial charge in [0.25, 0.3) is 6.10 Å². The molecule has 0 bridgehead atoms. The summed E-state index contributed by atoms with van der Waals surface area (Å²) in [5.74, 6) is 0. The molecule has 0 N–H and O–H groups in total. The molecular weight excluding hydrogens is 1410 g/mol. The van der Waals surface area contributed by atoms with Crippen molar-refractivity contribution in [3.8, 4) is 0 Å². The Morgan fingerprint density at radius 3 is 0.720 bits per heavy atom. The van der Waals surface area contributed by atoms with Gasteiger partial charge in [0, 0.05) is 14.2 Å². The Labute approximate surface area is 544 Å². The monoisotopic (exact) mass is 1520 g/mol. The fourth-order valence-electron chi connectivity index (χ4n) is 5.16. The van der Waals surface area contributed by atoms with E-state index in [0.717, 1.165) is 46.5 Å². The SMILES string of the molecule is CC(C)(C)P(=O)(OCC(F)(F)F)OCC(F)(F)F.CC(C)OP(=O)(OC(C)C)C(C)(C)C.CC(OP(=O)(OC(C(F)(F)F)C(F)(F)F)C(C)(C)C)C(F)(F)F.CCCCOP(=O)(OCCCC)C(C)(C)C.CCOP(=O)(OCC)C(C)(C)C.COP(=O)(OC)C(C)(C)C. The molecule has 18 nitrogen and oxygen atoms in total. The Morgan fingerprint density at radius 2 is 0.548 bits per heavy atom. The van der Waals surface area contributed by atoms with Crippen LogP contribution in [0.5, 0.6) is 0 Å². The van der Waals surface area contributed by atoms with Crippen LogP contribution in [-0.4, -0.2) is 140 Å². The predicted molar refractivity (Wildman–Crippen MR) is 333 cm³/mol. The molecular formula is C54H111F15O18P6. The number of rotatable bonds is 26. The minimum absolute atomic E-state index is 0.0844. The zero-order valence-electron chi connectivity index (χ0n) is 59.6. The fraction of sp³-hybridized carbons (Fsp3) is 1.00. The van der Waals surface area contributed by atoms with Crippen molar-refractivity contribution in [3.63, 3.8) is 0 Å². The molecule has 0 fully saturated rings. The Morgan fingerprint density at radius 1 is 0.312 bits per heavy atom. The lowest BCUT2D eigenvalue weighted by atomic mass is 10.3. The van der Waals surface area contributed by atoms with Gasteiger partial charge < -0.3 is 36.2 Å². The first-order chi connectivity index (χ1) is 40.6. The highest BCUT2D eigenvalue weighted by atomic mass is 31.2. The first-order valence-corrected chi connectivity index (χ1v) is 38.5. The third-order valence-electron chi connectivity index (χ3n) is 10.6. The van der Waals surface area contributed by atoms with Gasteiger partial charge in [0.2, 0.25) is 0 Å². The predicted octanol–water partition coefficient (Wildman–Crippen LogP) is 23.4. The lowest BCUT2D eigenvalue weighted by Gasteiger charge is -2.35. The molecule has 0 saturated carbocycles. The Hall–Kier alpha value is -0.150. The van der Waals surface area contributed by atoms with Gasteiger partial charge in [-0.2, -0.15) is 65.9 Å². The van der Waals surface area contributed by atoms with E-state index in [-0.39, 0.29) is 19.1 Å². The minimum Gasteiger partial charge on any atom is -0.312 e. The average molecular weight is 1520 g/mol. The molecule has 0 radical (unpaired) electrons. The molecule has 0 aromatic heterocycles. The van der Waals surface area contributed by atoms with E-state index in [0.29, 0.717) is 26.4 Å². The molecule has 0 aliphatic heterocycles. The molecule has 0 saturated heterocycles. The van der Waals surface area contributed by atoms with E-state index in [1.165, 1.54) is 35.0 Å². The van der Waals surface area contributed by atoms with Crippen LogP contribution < -0.4 is 0 Å². The highest BCUT2D eigenvalue weighted by Gasteiger charge is 2.63. The van der Waals surface area contributed by atoms with Gasteiger partial charge in [0.05, 0.1) is 69.6 Å². The summed E-state index contributed by atoms with van der Waals surface area (Å²) in [6.45, 7) is 42.0. The number of hydrogen-bond donors (Lipinski definition) is 0. The van der Waals surface area contributed by atoms with Crippen molar-refractivity contribution in [2.45, 2.75) is 299 Å². The van der Waals surface area contributed by atoms with Gasteiger partial charge in [-0.15, -0.1) is 0 Å². The maximum Gasteiger partial charge on any atom is 0.424 e. The quantitative estimate of drug-likeness (QED) is 0.0447. The van der Waals surface area contributed by atoms with Crippen molar-refractivity contribution in [3.05, 3.63) is 0 Å². The zero-order chi connectivity index (χ0) is 76.4. The normalized spacial score (nSPS) is 15.1. The molecule has 0 aliphatic carbocycles. The number of alkyl halides is 15. The van der Waals surface area contributed by atoms with Gasteiger partial charge in [-0.1, -0.05) is 26.7 Å². The zero-order valence-corrected chi connectivity index (χ0v) is 64.9. The van der Waals surface area contributed by atoms with Gasteiger partial charge >= 0.3 is 76.5 Å². The van der Waals surface area contributed by atoms with Crippen molar-refractivity contribution >= 4 is 45.6 Å². The number of halogens is 15. The van der Waals surface area contributed by atoms with Crippen molar-refractivity contribution in [1.29, 1.82) is 0 Å². The second-order valence-electron chi connectivity index (χ2n) is 26.5. The lowest BCUT2D eigenvalue weighted by molar-refractivity contribution is -0.303. The van der Waals surface area contributed by atoms with Crippen molar-refractivity contribution < 1.29 is 148 Å². The molecule has 570 valence electrons. The van der Waals surface area contributed by atoms with Gasteiger partial charge in [-0.05, 0) is 186 Å². The Kier molecular flexibility index (Phi) is 45.9. The second kappa shape index (κ2) is 41.1. The molecule has 0 aromatic rings. The third kappa shape index (κ3) is 42.7. The number of hydrogen-bond acceptors (Lipinski definition) is 18. The standard InChI is InChI=1S/C12H27O3P.C10H14F9O3P.C10H23O3P.C8H13F6O3P.C8H19O3P.C6H15O3P/c1-6-8-10-14-16(13,12(3,4)5)15-11-9-7-2;1-5(8(11,12)13)21-23(20,7(2,3)4)22-6(9(14,15)16)10(17,18)19;1-8(2)12-14(11,10(5,6)7)13-9(3)4;1-6(2,3)18(15,16-4-7(9,10)11)17-5-8(12,13)14;1-6-10-12(9,11-7-2)8(3,4)5;1-6(2,3)10(7,8-4)9-5/h6-11H2,1-5H3;5-6H,1-4H3;8-9H,1-7H3;4-5H2,1-3H3;6-7H2,1-5H3;1-5H3. The van der Waals surface area contributed by atoms with E-state index in [2.05, 4.69) is 31.9 Å². The smallest absolute Gasteiger partial charge is 0.312 e. The summed E-state index contributed by atoms with van der Waals surface area (Å²) in [5, 5.41) is -5.34. The van der Waals surface area contributed by atoms with Crippen LogP contribution >= 0.6 is 45.6 Å². The topological polar surface area (TPSA) is 213 Å². The molecule has 0 spiro atoms. The van der Waals surface area contributed by atoms with E-state index < -0.39 is 133 Å². The van der Waals surface area contributed by atoms with Gasteiger partial charge in [0.1, 0.15) is 0 Å². The summed E-state index contributed by atoms with van der Waals surface area (Å²) in [6, 6.07) is 0. The van der Waals surface area contributed by atoms with Gasteiger partial charge in [-0.3, -0.25) is 45.5 Å². The van der Waals surface area contributed by atoms with Crippen LogP contribution in [0.15, 0.2) is 0 Å². The van der Waals surface area contributed by atoms with Crippen LogP contribution in [0.25, 0.3) is 0 Å². The minimum atomic E-state index is -6.04. The van der Waals surface area contributed by atoms with E-state index >= 15 is 0 Å². The van der Waals surface area contributed by atoms with E-state index in [1.807, 2.05) is 125 Å². The third-order valence-corrected chi connectivity index (χ3v) is 27.1. The summed E-state index contributed by atoms with van der Waals surface area (Å²) in [5.41, 5.74) is 0. The van der Waals surface area contributed by atoms with Crippen LogP contribution in [0, 0.1) is 0 Å². The summed E-state index contributed by atoms with van der Waals surface area (Å²) in [7, 11) is -19.0. The first kappa shape index (κ1) is 104. The number of unbranched alkanes of at least 4 members (excludes halogenated alkanes) is 2. The molecule has 93 heavy (non-hydrogen) atoms. The van der Waals surface area contributed by atoms with E-state index in [9.17, 15) is 93.2 Å². The van der Waals surface area contributed by atoms with Gasteiger partial charge in [0.15, 0.2) is 19.3 Å². The first-order valence-electron chi connectivity index (χ1n) is 29.2. The van der Waals surface area contributed by atoms with Crippen LogP contribution in [0.2, 0.25) is 0 Å². The van der Waals surface area contributed by atoms with Crippen LogP contribution in [0.1, 0.15) is 213 Å². The van der Waals surface area contributed by atoms with Crippen LogP contribution in [-0.2, 0) is 81.7 Å². The van der Waals surface area contributed by atoms with Crippen molar-refractivity contribution in [2.75, 3.05) is 53.9 Å². The van der Waals surface area contributed by atoms with Crippen molar-refractivity contribution in [1.82, 2.24) is 0 Å². The highest BCUT2D eigenvalue weighted by molar-refractivity contribution is 7.57. The lowest BCUT2D eigenvalue weighted by Crippen LogP contribution is -2.45. The second-order valence-corrected chi connectivity index (χ2v) is 43.7. The van der Waals surface area contributed by atoms with Gasteiger partial charge in [-0.25, -0.2) is 0 Å². The molecule has 2 unspecified atom stereocenters. The average Bonchev–Trinajstić information content (AvgIpc) is 0.787. The Balaban J connectivity index is -0.000000249. The molecule has 0 rings (SSSR count). The molecule has 0 aromatic carbocycles. The Bertz CT molecular complexity index is 2260. The summed E-state index contributed by atoms with van der Waals surface area (Å²) in [6.07, 6.45) is -30.5. The van der Waals surface area contributed by atoms with E-state index in [1.54, 1.807) is 0 Å². The fourth-order valence-corrected chi connectivity index (χ4v) is 14.5. The molecule has 0 aliphatic rings. The molecule has 0 amide bonds. The summed E-state index contributed by atoms with van der Waals surface area (Å²) in [4.78, 5) is 0. The summed E-state index contributed by atoms with van der Waals surface area (Å²) >= 11 is 0. The largest absolute Gasteiger partial charge is 0.424 e. The maximum absolute atomic E-state index is 12.5. The van der Waals surface area contributed by atoms with Crippen molar-refractivity contribution in [2.24, 2.45) is 0 Å². The molecule has 2 atom stereocenters. The summed E-state index contributed by atoms with van der Waals surface area (Å²) < 4.78 is 314. The van der Waals surface area contributed by atoms with Crippen LogP contribution in [0.4, 0.5) is 65.9 Å².